The van der Waals surface area contributed by atoms with Gasteiger partial charge in [-0.2, -0.15) is 0 Å². The van der Waals surface area contributed by atoms with Crippen molar-refractivity contribution in [2.75, 3.05) is 13.1 Å². The Kier molecular flexibility index (Phi) is 4.33. The highest BCUT2D eigenvalue weighted by molar-refractivity contribution is 14.1. The van der Waals surface area contributed by atoms with Crippen LogP contribution in [0.5, 0.6) is 0 Å². The summed E-state index contributed by atoms with van der Waals surface area (Å²) in [5, 5.41) is 10.1. The normalized spacial score (nSPS) is 24.1. The predicted octanol–water partition coefficient (Wildman–Crippen LogP) is 3.04. The number of halogens is 2. The molecule has 0 aliphatic carbocycles. The third kappa shape index (κ3) is 3.24. The number of nitrogens with zero attached hydrogens (tertiary/aromatic N) is 1. The zero-order chi connectivity index (χ0) is 13.3. The molecule has 5 heteroatoms. The monoisotopic (exact) mass is 423 g/mol. The molecule has 0 radical (unpaired) electrons. The summed E-state index contributed by atoms with van der Waals surface area (Å²) in [5.41, 5.74) is -0.0953. The van der Waals surface area contributed by atoms with E-state index in [9.17, 15) is 9.90 Å². The number of piperidine rings is 1. The molecular weight excluding hydrogens is 409 g/mol. The maximum atomic E-state index is 12.4. The molecule has 1 aliphatic rings. The minimum Gasteiger partial charge on any atom is -0.388 e. The second-order valence-electron chi connectivity index (χ2n) is 4.95. The molecule has 0 bridgehead atoms. The summed E-state index contributed by atoms with van der Waals surface area (Å²) in [7, 11) is 0. The summed E-state index contributed by atoms with van der Waals surface area (Å²) in [6.07, 6.45) is 1.60. The number of carbonyl (C=O) groups excluding carboxylic acids is 1. The van der Waals surface area contributed by atoms with Crippen molar-refractivity contribution in [3.05, 3.63) is 31.8 Å². The van der Waals surface area contributed by atoms with Gasteiger partial charge in [-0.3, -0.25) is 4.79 Å². The number of benzene rings is 1. The van der Waals surface area contributed by atoms with Crippen LogP contribution < -0.4 is 0 Å². The van der Waals surface area contributed by atoms with E-state index in [-0.39, 0.29) is 5.91 Å². The Morgan fingerprint density at radius 1 is 1.56 bits per heavy atom. The lowest BCUT2D eigenvalue weighted by Crippen LogP contribution is -2.48. The van der Waals surface area contributed by atoms with Crippen molar-refractivity contribution in [3.63, 3.8) is 0 Å². The van der Waals surface area contributed by atoms with E-state index < -0.39 is 5.60 Å². The second kappa shape index (κ2) is 5.46. The quantitative estimate of drug-likeness (QED) is 0.705. The molecule has 1 fully saturated rings. The molecule has 1 atom stereocenters. The maximum Gasteiger partial charge on any atom is 0.255 e. The van der Waals surface area contributed by atoms with Gasteiger partial charge in [0.25, 0.3) is 5.91 Å². The minimum absolute atomic E-state index is 0.0135. The van der Waals surface area contributed by atoms with Crippen LogP contribution in [-0.2, 0) is 0 Å². The fourth-order valence-electron chi connectivity index (χ4n) is 2.23. The van der Waals surface area contributed by atoms with E-state index in [0.717, 1.165) is 20.9 Å². The SMILES string of the molecule is CC1(O)CCCN(C(=O)c2cc(I)ccc2Br)C1. The van der Waals surface area contributed by atoms with Gasteiger partial charge in [-0.15, -0.1) is 0 Å². The molecule has 3 nitrogen and oxygen atoms in total. The van der Waals surface area contributed by atoms with Crippen LogP contribution in [0.2, 0.25) is 0 Å². The molecule has 1 saturated heterocycles. The highest BCUT2D eigenvalue weighted by atomic mass is 127. The van der Waals surface area contributed by atoms with Crippen molar-refractivity contribution < 1.29 is 9.90 Å². The average molecular weight is 424 g/mol. The van der Waals surface area contributed by atoms with Gasteiger partial charge in [0, 0.05) is 21.1 Å². The summed E-state index contributed by atoms with van der Waals surface area (Å²) < 4.78 is 1.83. The molecule has 1 N–H and O–H groups in total. The van der Waals surface area contributed by atoms with Crippen LogP contribution in [0, 0.1) is 3.57 Å². The van der Waals surface area contributed by atoms with Gasteiger partial charge in [0.15, 0.2) is 0 Å². The third-order valence-corrected chi connectivity index (χ3v) is 4.48. The Labute approximate surface area is 129 Å². The lowest BCUT2D eigenvalue weighted by molar-refractivity contribution is -0.0107. The topological polar surface area (TPSA) is 40.5 Å². The Morgan fingerprint density at radius 2 is 2.28 bits per heavy atom. The lowest BCUT2D eigenvalue weighted by Gasteiger charge is -2.37. The fraction of sp³-hybridized carbons (Fsp3) is 0.462. The molecule has 1 aromatic rings. The van der Waals surface area contributed by atoms with Crippen molar-refractivity contribution in [3.8, 4) is 0 Å². The smallest absolute Gasteiger partial charge is 0.255 e. The van der Waals surface area contributed by atoms with Crippen LogP contribution in [-0.4, -0.2) is 34.6 Å². The number of likely N-dealkylation sites (tertiary alicyclic amines) is 1. The van der Waals surface area contributed by atoms with Gasteiger partial charge in [0.05, 0.1) is 11.2 Å². The van der Waals surface area contributed by atoms with E-state index in [2.05, 4.69) is 38.5 Å². The first-order chi connectivity index (χ1) is 8.39. The van der Waals surface area contributed by atoms with E-state index in [1.807, 2.05) is 18.2 Å². The summed E-state index contributed by atoms with van der Waals surface area (Å²) in [6.45, 7) is 2.91. The van der Waals surface area contributed by atoms with Gasteiger partial charge in [-0.1, -0.05) is 0 Å². The van der Waals surface area contributed by atoms with Crippen LogP contribution in [0.15, 0.2) is 22.7 Å². The zero-order valence-corrected chi connectivity index (χ0v) is 13.9. The largest absolute Gasteiger partial charge is 0.388 e. The van der Waals surface area contributed by atoms with Gasteiger partial charge in [0.1, 0.15) is 0 Å². The number of aliphatic hydroxyl groups is 1. The van der Waals surface area contributed by atoms with E-state index in [4.69, 9.17) is 0 Å². The summed E-state index contributed by atoms with van der Waals surface area (Å²) in [4.78, 5) is 14.2. The molecule has 1 aliphatic heterocycles. The van der Waals surface area contributed by atoms with Crippen molar-refractivity contribution in [2.24, 2.45) is 0 Å². The summed E-state index contributed by atoms with van der Waals surface area (Å²) in [6, 6.07) is 5.71. The Hall–Kier alpha value is -0.140. The van der Waals surface area contributed by atoms with Gasteiger partial charge in [-0.25, -0.2) is 0 Å². The first-order valence-corrected chi connectivity index (χ1v) is 7.73. The van der Waals surface area contributed by atoms with E-state index in [0.29, 0.717) is 18.7 Å². The fourth-order valence-corrected chi connectivity index (χ4v) is 3.13. The summed E-state index contributed by atoms with van der Waals surface area (Å²) in [5.74, 6) is -0.0135. The molecule has 0 saturated carbocycles. The number of hydrogen-bond donors (Lipinski definition) is 1. The van der Waals surface area contributed by atoms with Crippen molar-refractivity contribution in [1.29, 1.82) is 0 Å². The molecule has 1 amide bonds. The molecule has 0 aromatic heterocycles. The molecule has 0 spiro atoms. The minimum atomic E-state index is -0.762. The lowest BCUT2D eigenvalue weighted by atomic mass is 9.94. The Morgan fingerprint density at radius 3 is 2.94 bits per heavy atom. The van der Waals surface area contributed by atoms with Gasteiger partial charge in [0.2, 0.25) is 0 Å². The van der Waals surface area contributed by atoms with E-state index >= 15 is 0 Å². The van der Waals surface area contributed by atoms with Crippen LogP contribution in [0.3, 0.4) is 0 Å². The predicted molar refractivity (Wildman–Crippen MR) is 82.6 cm³/mol. The first kappa shape index (κ1) is 14.3. The molecule has 98 valence electrons. The summed E-state index contributed by atoms with van der Waals surface area (Å²) >= 11 is 5.61. The van der Waals surface area contributed by atoms with Crippen LogP contribution in [0.25, 0.3) is 0 Å². The van der Waals surface area contributed by atoms with Gasteiger partial charge >= 0.3 is 0 Å². The molecular formula is C13H15BrINO2. The zero-order valence-electron chi connectivity index (χ0n) is 10.1. The average Bonchev–Trinajstić information content (AvgIpc) is 2.30. The molecule has 2 rings (SSSR count). The second-order valence-corrected chi connectivity index (χ2v) is 7.05. The van der Waals surface area contributed by atoms with Crippen LogP contribution in [0.4, 0.5) is 0 Å². The number of carbonyl (C=O) groups is 1. The number of amides is 1. The number of rotatable bonds is 1. The maximum absolute atomic E-state index is 12.4. The van der Waals surface area contributed by atoms with Crippen molar-refractivity contribution >= 4 is 44.4 Å². The molecule has 18 heavy (non-hydrogen) atoms. The Balaban J connectivity index is 2.23. The third-order valence-electron chi connectivity index (χ3n) is 3.12. The first-order valence-electron chi connectivity index (χ1n) is 5.86. The van der Waals surface area contributed by atoms with Crippen molar-refractivity contribution in [2.45, 2.75) is 25.4 Å². The van der Waals surface area contributed by atoms with E-state index in [1.54, 1.807) is 11.8 Å². The van der Waals surface area contributed by atoms with Gasteiger partial charge < -0.3 is 10.0 Å². The number of hydrogen-bond acceptors (Lipinski definition) is 2. The molecule has 1 unspecified atom stereocenters. The van der Waals surface area contributed by atoms with Gasteiger partial charge in [-0.05, 0) is 76.5 Å². The molecule has 1 heterocycles. The van der Waals surface area contributed by atoms with Crippen molar-refractivity contribution in [1.82, 2.24) is 4.90 Å². The highest BCUT2D eigenvalue weighted by Gasteiger charge is 2.31. The molecule has 1 aromatic carbocycles. The standard InChI is InChI=1S/C13H15BrINO2/c1-13(18)5-2-6-16(8-13)12(17)10-7-9(15)3-4-11(10)14/h3-4,7,18H,2,5-6,8H2,1H3. The Bertz CT molecular complexity index is 476. The number of β-amino-alcohol motifs (C(OH)–C–C–N with tert-alkyl or cyclic N) is 1. The van der Waals surface area contributed by atoms with E-state index in [1.165, 1.54) is 0 Å². The van der Waals surface area contributed by atoms with Crippen LogP contribution in [0.1, 0.15) is 30.1 Å². The highest BCUT2D eigenvalue weighted by Crippen LogP contribution is 2.25. The van der Waals surface area contributed by atoms with Crippen LogP contribution >= 0.6 is 38.5 Å².